The number of ketones is 1. The van der Waals surface area contributed by atoms with Crippen LogP contribution < -0.4 is 5.06 Å². The number of nitrogens with zero attached hydrogens (tertiary/aromatic N) is 2. The summed E-state index contributed by atoms with van der Waals surface area (Å²) in [4.78, 5) is 31.2. The van der Waals surface area contributed by atoms with Crippen molar-refractivity contribution in [2.24, 2.45) is 5.92 Å². The van der Waals surface area contributed by atoms with Gasteiger partial charge in [-0.05, 0) is 46.5 Å². The van der Waals surface area contributed by atoms with Gasteiger partial charge in [0.05, 0.1) is 10.6 Å². The van der Waals surface area contributed by atoms with Crippen LogP contribution in [0.5, 0.6) is 0 Å². The molecule has 3 atom stereocenters. The van der Waals surface area contributed by atoms with Gasteiger partial charge in [-0.3, -0.25) is 19.7 Å². The van der Waals surface area contributed by atoms with Gasteiger partial charge >= 0.3 is 0 Å². The van der Waals surface area contributed by atoms with E-state index < -0.39 is 11.0 Å². The van der Waals surface area contributed by atoms with Gasteiger partial charge in [-0.2, -0.15) is 0 Å². The molecule has 1 fully saturated rings. The second-order valence-electron chi connectivity index (χ2n) is 9.30. The van der Waals surface area contributed by atoms with Crippen LogP contribution >= 0.6 is 0 Å². The molecule has 0 aromatic heterocycles. The standard InChI is InChI=1S/C32H24N2O4/c35-31(24-16-18-26(19-17-24)34(36)37)30-28-21-20-27(32(28)38-33(30)25-14-8-3-9-15-25)29(22-10-4-1-5-11-22)23-12-6-2-7-13-23/h1-21,28,30,32H/t28-,30+,32-/m0/s1. The summed E-state index contributed by atoms with van der Waals surface area (Å²) in [5.41, 5.74) is 5.33. The molecule has 0 unspecified atom stereocenters. The van der Waals surface area contributed by atoms with Gasteiger partial charge in [-0.25, -0.2) is 5.06 Å². The molecule has 0 N–H and O–H groups in total. The third-order valence-corrected chi connectivity index (χ3v) is 7.05. The fourth-order valence-electron chi connectivity index (χ4n) is 5.29. The van der Waals surface area contributed by atoms with Gasteiger partial charge in [0, 0.05) is 23.6 Å². The van der Waals surface area contributed by atoms with E-state index in [4.69, 9.17) is 4.84 Å². The van der Waals surface area contributed by atoms with Gasteiger partial charge in [-0.1, -0.05) is 91.0 Å². The molecule has 186 valence electrons. The minimum atomic E-state index is -0.634. The molecule has 6 nitrogen and oxygen atoms in total. The zero-order valence-electron chi connectivity index (χ0n) is 20.4. The van der Waals surface area contributed by atoms with Gasteiger partial charge in [0.15, 0.2) is 5.78 Å². The fourth-order valence-corrected chi connectivity index (χ4v) is 5.29. The molecule has 4 aromatic carbocycles. The van der Waals surface area contributed by atoms with E-state index in [-0.39, 0.29) is 23.5 Å². The van der Waals surface area contributed by atoms with Crippen LogP contribution in [0.1, 0.15) is 21.5 Å². The number of benzene rings is 4. The number of rotatable bonds is 6. The van der Waals surface area contributed by atoms with Crippen molar-refractivity contribution < 1.29 is 14.6 Å². The quantitative estimate of drug-likeness (QED) is 0.168. The number of anilines is 1. The van der Waals surface area contributed by atoms with Gasteiger partial charge in [-0.15, -0.1) is 0 Å². The Morgan fingerprint density at radius 1 is 0.737 bits per heavy atom. The molecule has 0 bridgehead atoms. The first-order valence-electron chi connectivity index (χ1n) is 12.4. The van der Waals surface area contributed by atoms with E-state index in [1.165, 1.54) is 24.3 Å². The van der Waals surface area contributed by atoms with Crippen molar-refractivity contribution in [3.63, 3.8) is 0 Å². The number of para-hydroxylation sites is 1. The summed E-state index contributed by atoms with van der Waals surface area (Å²) < 4.78 is 0. The highest BCUT2D eigenvalue weighted by molar-refractivity contribution is 6.03. The zero-order valence-corrected chi connectivity index (χ0v) is 20.4. The lowest BCUT2D eigenvalue weighted by atomic mass is 9.86. The summed E-state index contributed by atoms with van der Waals surface area (Å²) >= 11 is 0. The van der Waals surface area contributed by atoms with E-state index in [9.17, 15) is 14.9 Å². The Hall–Kier alpha value is -4.81. The molecule has 0 saturated carbocycles. The SMILES string of the molecule is O=C(c1ccc([N+](=O)[O-])cc1)[C@H]1[C@@H]2C=CC(=C(c3ccccc3)c3ccccc3)[C@@H]2ON1c1ccccc1. The Bertz CT molecular complexity index is 1490. The van der Waals surface area contributed by atoms with Gasteiger partial charge in [0.25, 0.3) is 5.69 Å². The van der Waals surface area contributed by atoms with Crippen LogP contribution in [0.4, 0.5) is 11.4 Å². The highest BCUT2D eigenvalue weighted by Gasteiger charge is 2.50. The Morgan fingerprint density at radius 3 is 1.84 bits per heavy atom. The molecule has 1 aliphatic heterocycles. The largest absolute Gasteiger partial charge is 0.292 e. The van der Waals surface area contributed by atoms with E-state index in [0.717, 1.165) is 28.0 Å². The van der Waals surface area contributed by atoms with Crippen LogP contribution in [0.25, 0.3) is 5.57 Å². The summed E-state index contributed by atoms with van der Waals surface area (Å²) in [6.07, 6.45) is 3.75. The van der Waals surface area contributed by atoms with Crippen LogP contribution in [0.3, 0.4) is 0 Å². The van der Waals surface area contributed by atoms with Crippen molar-refractivity contribution in [1.82, 2.24) is 0 Å². The van der Waals surface area contributed by atoms with E-state index >= 15 is 0 Å². The molecule has 0 spiro atoms. The second kappa shape index (κ2) is 9.92. The van der Waals surface area contributed by atoms with Crippen molar-refractivity contribution in [3.8, 4) is 0 Å². The summed E-state index contributed by atoms with van der Waals surface area (Å²) in [5.74, 6) is -0.390. The number of fused-ring (bicyclic) bond motifs is 1. The third-order valence-electron chi connectivity index (χ3n) is 7.05. The number of hydrogen-bond donors (Lipinski definition) is 0. The lowest BCUT2D eigenvalue weighted by Gasteiger charge is -2.25. The Kier molecular flexibility index (Phi) is 6.15. The number of hydrogen-bond acceptors (Lipinski definition) is 5. The van der Waals surface area contributed by atoms with E-state index in [1.807, 2.05) is 66.7 Å². The number of hydroxylamine groups is 1. The second-order valence-corrected chi connectivity index (χ2v) is 9.30. The molecule has 38 heavy (non-hydrogen) atoms. The molecule has 4 aromatic rings. The molecule has 0 amide bonds. The van der Waals surface area contributed by atoms with Crippen LogP contribution in [0.15, 0.2) is 133 Å². The van der Waals surface area contributed by atoms with Crippen LogP contribution in [0, 0.1) is 16.0 Å². The first-order valence-corrected chi connectivity index (χ1v) is 12.4. The Balaban J connectivity index is 1.45. The summed E-state index contributed by atoms with van der Waals surface area (Å²) in [6.45, 7) is 0. The Labute approximate surface area is 220 Å². The average molecular weight is 501 g/mol. The lowest BCUT2D eigenvalue weighted by Crippen LogP contribution is -2.39. The summed E-state index contributed by atoms with van der Waals surface area (Å²) in [7, 11) is 0. The van der Waals surface area contributed by atoms with Crippen molar-refractivity contribution in [2.75, 3.05) is 5.06 Å². The highest BCUT2D eigenvalue weighted by atomic mass is 16.7. The number of nitro groups is 1. The first kappa shape index (κ1) is 23.6. The van der Waals surface area contributed by atoms with Gasteiger partial charge < -0.3 is 0 Å². The number of nitro benzene ring substituents is 1. The van der Waals surface area contributed by atoms with Crippen molar-refractivity contribution in [3.05, 3.63) is 160 Å². The predicted octanol–water partition coefficient (Wildman–Crippen LogP) is 6.65. The van der Waals surface area contributed by atoms with Crippen LogP contribution in [0.2, 0.25) is 0 Å². The number of carbonyl (C=O) groups is 1. The minimum Gasteiger partial charge on any atom is -0.292 e. The average Bonchev–Trinajstić information content (AvgIpc) is 3.55. The predicted molar refractivity (Wildman–Crippen MR) is 147 cm³/mol. The number of Topliss-reactive ketones (excluding diaryl/α,β-unsaturated/α-hetero) is 1. The molecule has 2 aliphatic rings. The minimum absolute atomic E-state index is 0.0524. The maximum atomic E-state index is 13.9. The number of non-ortho nitro benzene ring substituents is 1. The van der Waals surface area contributed by atoms with Gasteiger partial charge in [0.1, 0.15) is 12.1 Å². The van der Waals surface area contributed by atoms with Crippen molar-refractivity contribution >= 4 is 22.7 Å². The molecular weight excluding hydrogens is 476 g/mol. The molecule has 1 saturated heterocycles. The van der Waals surface area contributed by atoms with Crippen molar-refractivity contribution in [1.29, 1.82) is 0 Å². The van der Waals surface area contributed by atoms with Crippen LogP contribution in [-0.2, 0) is 4.84 Å². The lowest BCUT2D eigenvalue weighted by molar-refractivity contribution is -0.384. The third kappa shape index (κ3) is 4.21. The molecular formula is C32H24N2O4. The highest BCUT2D eigenvalue weighted by Crippen LogP contribution is 2.45. The molecule has 0 radical (unpaired) electrons. The number of carbonyl (C=O) groups excluding carboxylic acids is 1. The molecule has 1 heterocycles. The normalized spacial score (nSPS) is 19.8. The maximum Gasteiger partial charge on any atom is 0.269 e. The topological polar surface area (TPSA) is 72.7 Å². The van der Waals surface area contributed by atoms with E-state index in [1.54, 1.807) is 5.06 Å². The van der Waals surface area contributed by atoms with E-state index in [0.29, 0.717) is 5.56 Å². The summed E-state index contributed by atoms with van der Waals surface area (Å²) in [6, 6.07) is 35.1. The fraction of sp³-hybridized carbons (Fsp3) is 0.0938. The smallest absolute Gasteiger partial charge is 0.269 e. The van der Waals surface area contributed by atoms with Crippen molar-refractivity contribution in [2.45, 2.75) is 12.1 Å². The monoisotopic (exact) mass is 500 g/mol. The first-order chi connectivity index (χ1) is 18.6. The molecule has 6 rings (SSSR count). The molecule has 1 aliphatic carbocycles. The summed E-state index contributed by atoms with van der Waals surface area (Å²) in [5, 5.41) is 12.8. The molecule has 6 heteroatoms. The Morgan fingerprint density at radius 2 is 1.29 bits per heavy atom. The zero-order chi connectivity index (χ0) is 26.1. The van der Waals surface area contributed by atoms with E-state index in [2.05, 4.69) is 36.4 Å². The maximum absolute atomic E-state index is 13.9. The van der Waals surface area contributed by atoms with Gasteiger partial charge in [0.2, 0.25) is 0 Å². The van der Waals surface area contributed by atoms with Crippen LogP contribution in [-0.4, -0.2) is 22.9 Å².